The average Bonchev–Trinajstić information content (AvgIpc) is 3.08. The Morgan fingerprint density at radius 2 is 1.84 bits per heavy atom. The first-order valence-electron chi connectivity index (χ1n) is 13.4. The third kappa shape index (κ3) is 3.78. The van der Waals surface area contributed by atoms with E-state index in [2.05, 4.69) is 47.3 Å². The zero-order valence-corrected chi connectivity index (χ0v) is 20.9. The number of aliphatic hydroxyl groups excluding tert-OH is 2. The maximum Gasteiger partial charge on any atom is 0.101 e. The van der Waals surface area contributed by atoms with Gasteiger partial charge in [0.15, 0.2) is 0 Å². The molecule has 31 heavy (non-hydrogen) atoms. The highest BCUT2D eigenvalue weighted by Gasteiger charge is 2.60. The molecule has 0 radical (unpaired) electrons. The van der Waals surface area contributed by atoms with Gasteiger partial charge in [-0.2, -0.15) is 0 Å². The molecule has 0 spiro atoms. The zero-order chi connectivity index (χ0) is 22.6. The summed E-state index contributed by atoms with van der Waals surface area (Å²) >= 11 is 0. The second-order valence-corrected chi connectivity index (χ2v) is 12.5. The van der Waals surface area contributed by atoms with Gasteiger partial charge in [-0.05, 0) is 123 Å². The number of aliphatic hydroxyl groups is 2. The van der Waals surface area contributed by atoms with Gasteiger partial charge >= 0.3 is 0 Å². The molecule has 4 aliphatic carbocycles. The highest BCUT2D eigenvalue weighted by atomic mass is 16.3. The summed E-state index contributed by atoms with van der Waals surface area (Å²) in [6.07, 6.45) is 13.4. The molecule has 0 bridgehead atoms. The lowest BCUT2D eigenvalue weighted by atomic mass is 9.46. The molecule has 2 N–H and O–H groups in total. The minimum Gasteiger partial charge on any atom is -0.390 e. The fourth-order valence-electron chi connectivity index (χ4n) is 9.16. The van der Waals surface area contributed by atoms with Gasteiger partial charge in [0.2, 0.25) is 0 Å². The second kappa shape index (κ2) is 8.64. The van der Waals surface area contributed by atoms with Crippen molar-refractivity contribution in [3.05, 3.63) is 23.8 Å². The second-order valence-electron chi connectivity index (χ2n) is 12.5. The van der Waals surface area contributed by atoms with Crippen LogP contribution in [0.2, 0.25) is 0 Å². The predicted molar refractivity (Wildman–Crippen MR) is 130 cm³/mol. The lowest BCUT2D eigenvalue weighted by Gasteiger charge is -2.59. The molecule has 4 aliphatic rings. The standard InChI is InChI=1S/C29H48O2/c1-7-20(18(2)3)9-8-19(4)22-12-13-23-21-10-11-25-27(31)26(30)15-17-29(25,6)24(21)14-16-28(22,23)5/h11,19-24,26-27,30-31H,2,7-10,12-17H2,1,3-6H3/t19-,20-,21+,22-,23+,24+,26+,27-,28-,29-/m1/s1. The predicted octanol–water partition coefficient (Wildman–Crippen LogP) is 6.92. The van der Waals surface area contributed by atoms with Crippen molar-refractivity contribution in [2.75, 3.05) is 0 Å². The largest absolute Gasteiger partial charge is 0.390 e. The van der Waals surface area contributed by atoms with Crippen LogP contribution in [0.1, 0.15) is 98.8 Å². The van der Waals surface area contributed by atoms with Crippen molar-refractivity contribution >= 4 is 0 Å². The first-order valence-corrected chi connectivity index (χ1v) is 13.4. The van der Waals surface area contributed by atoms with Crippen LogP contribution in [-0.2, 0) is 0 Å². The van der Waals surface area contributed by atoms with Crippen molar-refractivity contribution in [1.29, 1.82) is 0 Å². The third-order valence-electron chi connectivity index (χ3n) is 11.1. The Bertz CT molecular complexity index is 710. The fraction of sp³-hybridized carbons (Fsp3) is 0.862. The smallest absolute Gasteiger partial charge is 0.101 e. The van der Waals surface area contributed by atoms with Gasteiger partial charge in [0.25, 0.3) is 0 Å². The highest BCUT2D eigenvalue weighted by Crippen LogP contribution is 2.67. The third-order valence-corrected chi connectivity index (χ3v) is 11.1. The van der Waals surface area contributed by atoms with Gasteiger partial charge in [-0.25, -0.2) is 0 Å². The topological polar surface area (TPSA) is 40.5 Å². The van der Waals surface area contributed by atoms with E-state index >= 15 is 0 Å². The monoisotopic (exact) mass is 428 g/mol. The van der Waals surface area contributed by atoms with E-state index in [4.69, 9.17) is 0 Å². The van der Waals surface area contributed by atoms with Crippen LogP contribution in [-0.4, -0.2) is 22.4 Å². The van der Waals surface area contributed by atoms with Gasteiger partial charge in [0.05, 0.1) is 6.10 Å². The number of rotatable bonds is 6. The molecule has 0 aromatic rings. The quantitative estimate of drug-likeness (QED) is 0.451. The summed E-state index contributed by atoms with van der Waals surface area (Å²) in [5, 5.41) is 21.0. The molecule has 3 fully saturated rings. The maximum atomic E-state index is 10.7. The summed E-state index contributed by atoms with van der Waals surface area (Å²) in [6, 6.07) is 0. The zero-order valence-electron chi connectivity index (χ0n) is 20.9. The highest BCUT2D eigenvalue weighted by molar-refractivity contribution is 5.29. The summed E-state index contributed by atoms with van der Waals surface area (Å²) in [5.74, 6) is 4.65. The van der Waals surface area contributed by atoms with Crippen LogP contribution in [0.15, 0.2) is 23.8 Å². The SMILES string of the molecule is C=C(C)[C@H](CC)CC[C@@H](C)[C@H]1CC[C@H]2[C@@H]3CC=C4[C@@H](O)[C@@H](O)CC[C@]4(C)[C@H]3CC[C@]12C. The Kier molecular flexibility index (Phi) is 6.56. The molecule has 0 saturated heterocycles. The molecule has 0 unspecified atom stereocenters. The van der Waals surface area contributed by atoms with E-state index in [1.165, 1.54) is 56.1 Å². The maximum absolute atomic E-state index is 10.7. The molecular weight excluding hydrogens is 380 g/mol. The van der Waals surface area contributed by atoms with E-state index in [0.29, 0.717) is 17.3 Å². The normalized spacial score (nSPS) is 46.4. The Morgan fingerprint density at radius 3 is 2.52 bits per heavy atom. The van der Waals surface area contributed by atoms with Gasteiger partial charge in [0, 0.05) is 0 Å². The fourth-order valence-corrected chi connectivity index (χ4v) is 9.16. The molecule has 2 nitrogen and oxygen atoms in total. The van der Waals surface area contributed by atoms with Crippen molar-refractivity contribution in [3.8, 4) is 0 Å². The van der Waals surface area contributed by atoms with E-state index in [0.717, 1.165) is 42.9 Å². The van der Waals surface area contributed by atoms with Gasteiger partial charge in [-0.15, -0.1) is 0 Å². The van der Waals surface area contributed by atoms with Gasteiger partial charge in [-0.3, -0.25) is 0 Å². The minimum absolute atomic E-state index is 0.0996. The Morgan fingerprint density at radius 1 is 1.10 bits per heavy atom. The van der Waals surface area contributed by atoms with E-state index in [-0.39, 0.29) is 5.41 Å². The molecule has 0 aromatic carbocycles. The first-order chi connectivity index (χ1) is 14.6. The van der Waals surface area contributed by atoms with Crippen LogP contribution < -0.4 is 0 Å². The summed E-state index contributed by atoms with van der Waals surface area (Å²) in [7, 11) is 0. The number of fused-ring (bicyclic) bond motifs is 5. The van der Waals surface area contributed by atoms with Crippen molar-refractivity contribution in [3.63, 3.8) is 0 Å². The van der Waals surface area contributed by atoms with Gasteiger partial charge < -0.3 is 10.2 Å². The van der Waals surface area contributed by atoms with Crippen LogP contribution >= 0.6 is 0 Å². The van der Waals surface area contributed by atoms with E-state index < -0.39 is 12.2 Å². The molecule has 4 rings (SSSR count). The van der Waals surface area contributed by atoms with Crippen molar-refractivity contribution in [2.24, 2.45) is 46.3 Å². The summed E-state index contributed by atoms with van der Waals surface area (Å²) in [6.45, 7) is 16.3. The van der Waals surface area contributed by atoms with Crippen LogP contribution in [0.4, 0.5) is 0 Å². The molecule has 0 amide bonds. The van der Waals surface area contributed by atoms with Gasteiger partial charge in [0.1, 0.15) is 6.10 Å². The molecule has 2 heteroatoms. The van der Waals surface area contributed by atoms with Crippen molar-refractivity contribution in [1.82, 2.24) is 0 Å². The van der Waals surface area contributed by atoms with E-state index in [1.54, 1.807) is 0 Å². The number of allylic oxidation sites excluding steroid dienone is 2. The molecule has 0 heterocycles. The van der Waals surface area contributed by atoms with Gasteiger partial charge in [-0.1, -0.05) is 45.9 Å². The van der Waals surface area contributed by atoms with E-state index in [1.807, 2.05) is 0 Å². The summed E-state index contributed by atoms with van der Waals surface area (Å²) in [5.41, 5.74) is 3.12. The lowest BCUT2D eigenvalue weighted by Crippen LogP contribution is -2.53. The van der Waals surface area contributed by atoms with Crippen molar-refractivity contribution in [2.45, 2.75) is 111 Å². The molecule has 3 saturated carbocycles. The van der Waals surface area contributed by atoms with Crippen molar-refractivity contribution < 1.29 is 10.2 Å². The van der Waals surface area contributed by atoms with Crippen LogP contribution in [0, 0.1) is 46.3 Å². The number of hydrogen-bond donors (Lipinski definition) is 2. The molecule has 10 atom stereocenters. The Hall–Kier alpha value is -0.600. The summed E-state index contributed by atoms with van der Waals surface area (Å²) in [4.78, 5) is 0. The van der Waals surface area contributed by atoms with Crippen LogP contribution in [0.25, 0.3) is 0 Å². The minimum atomic E-state index is -0.635. The number of hydrogen-bond acceptors (Lipinski definition) is 2. The Labute approximate surface area is 191 Å². The van der Waals surface area contributed by atoms with Crippen LogP contribution in [0.3, 0.4) is 0 Å². The molecule has 0 aromatic heterocycles. The first kappa shape index (κ1) is 23.6. The summed E-state index contributed by atoms with van der Waals surface area (Å²) < 4.78 is 0. The average molecular weight is 429 g/mol. The molecular formula is C29H48O2. The molecule has 0 aliphatic heterocycles. The Balaban J connectivity index is 1.50. The molecule has 176 valence electrons. The lowest BCUT2D eigenvalue weighted by molar-refractivity contribution is -0.0801. The van der Waals surface area contributed by atoms with E-state index in [9.17, 15) is 10.2 Å². The van der Waals surface area contributed by atoms with Crippen LogP contribution in [0.5, 0.6) is 0 Å².